The lowest BCUT2D eigenvalue weighted by molar-refractivity contribution is 0.0302. The highest BCUT2D eigenvalue weighted by Gasteiger charge is 2.46. The van der Waals surface area contributed by atoms with E-state index in [2.05, 4.69) is 11.9 Å². The highest BCUT2D eigenvalue weighted by molar-refractivity contribution is 6.11. The van der Waals surface area contributed by atoms with E-state index in [-0.39, 0.29) is 13.0 Å². The Morgan fingerprint density at radius 1 is 0.905 bits per heavy atom. The Kier molecular flexibility index (Phi) is 11.4. The molecular formula is C33H44N3O6+. The van der Waals surface area contributed by atoms with E-state index in [0.717, 1.165) is 12.8 Å². The molecule has 0 aliphatic carbocycles. The number of benzene rings is 2. The molecular weight excluding hydrogens is 534 g/mol. The van der Waals surface area contributed by atoms with Crippen LogP contribution in [0.4, 0.5) is 15.3 Å². The van der Waals surface area contributed by atoms with Gasteiger partial charge in [-0.05, 0) is 63.4 Å². The van der Waals surface area contributed by atoms with Crippen LogP contribution in [0.3, 0.4) is 0 Å². The van der Waals surface area contributed by atoms with Crippen LogP contribution in [0.1, 0.15) is 88.6 Å². The van der Waals surface area contributed by atoms with Gasteiger partial charge in [0, 0.05) is 25.7 Å². The molecule has 9 heteroatoms. The lowest BCUT2D eigenvalue weighted by Crippen LogP contribution is -2.52. The Bertz CT molecular complexity index is 1280. The number of ether oxygens (including phenoxy) is 2. The number of hydrogen-bond acceptors (Lipinski definition) is 6. The molecule has 9 nitrogen and oxygen atoms in total. The van der Waals surface area contributed by atoms with Crippen molar-refractivity contribution in [3.63, 3.8) is 0 Å². The van der Waals surface area contributed by atoms with Crippen molar-refractivity contribution in [2.24, 2.45) is 4.99 Å². The van der Waals surface area contributed by atoms with Gasteiger partial charge in [-0.15, -0.1) is 4.48 Å². The normalized spacial score (nSPS) is 16.2. The van der Waals surface area contributed by atoms with Gasteiger partial charge in [0.1, 0.15) is 17.6 Å². The average molecular weight is 579 g/mol. The predicted octanol–water partition coefficient (Wildman–Crippen LogP) is 7.93. The first-order valence-corrected chi connectivity index (χ1v) is 14.7. The van der Waals surface area contributed by atoms with Gasteiger partial charge in [0.15, 0.2) is 5.69 Å². The van der Waals surface area contributed by atoms with Gasteiger partial charge in [-0.3, -0.25) is 0 Å². The first-order chi connectivity index (χ1) is 20.0. The molecule has 1 heterocycles. The van der Waals surface area contributed by atoms with Crippen LogP contribution in [0.2, 0.25) is 0 Å². The quantitative estimate of drug-likeness (QED) is 0.112. The Hall–Kier alpha value is -3.98. The van der Waals surface area contributed by atoms with E-state index in [1.165, 1.54) is 55.0 Å². The zero-order valence-corrected chi connectivity index (χ0v) is 25.5. The maximum atomic E-state index is 12.7. The van der Waals surface area contributed by atoms with E-state index in [1.807, 2.05) is 12.1 Å². The summed E-state index contributed by atoms with van der Waals surface area (Å²) in [7, 11) is 1.60. The fourth-order valence-electron chi connectivity index (χ4n) is 4.69. The molecule has 0 radical (unpaired) electrons. The Morgan fingerprint density at radius 3 is 2.17 bits per heavy atom. The second kappa shape index (κ2) is 14.8. The molecule has 2 aromatic rings. The minimum atomic E-state index is -1.15. The number of esters is 1. The van der Waals surface area contributed by atoms with Crippen molar-refractivity contribution in [3.05, 3.63) is 72.1 Å². The van der Waals surface area contributed by atoms with E-state index in [9.17, 15) is 19.5 Å². The van der Waals surface area contributed by atoms with Gasteiger partial charge in [-0.25, -0.2) is 14.6 Å². The highest BCUT2D eigenvalue weighted by atomic mass is 16.6. The van der Waals surface area contributed by atoms with Crippen molar-refractivity contribution >= 4 is 29.7 Å². The molecule has 0 fully saturated rings. The fraction of sp³-hybridized carbons (Fsp3) is 0.455. The number of nitrogens with zero attached hydrogens (tertiary/aromatic N) is 3. The van der Waals surface area contributed by atoms with Crippen LogP contribution >= 0.6 is 0 Å². The summed E-state index contributed by atoms with van der Waals surface area (Å²) in [5.41, 5.74) is 1.42. The summed E-state index contributed by atoms with van der Waals surface area (Å²) in [6, 6.07) is 13.8. The number of unbranched alkanes of at least 4 members (excludes halogenated alkanes) is 5. The molecule has 1 N–H and O–H groups in total. The average Bonchev–Trinajstić information content (AvgIpc) is 3.38. The van der Waals surface area contributed by atoms with Crippen molar-refractivity contribution in [2.75, 3.05) is 13.6 Å². The number of quaternary nitrogens is 1. The third kappa shape index (κ3) is 8.76. The molecule has 2 amide bonds. The van der Waals surface area contributed by atoms with Gasteiger partial charge in [0.25, 0.3) is 0 Å². The first-order valence-electron chi connectivity index (χ1n) is 14.7. The third-order valence-corrected chi connectivity index (χ3v) is 7.06. The van der Waals surface area contributed by atoms with Gasteiger partial charge >= 0.3 is 18.2 Å². The lowest BCUT2D eigenvalue weighted by atomic mass is 10.0. The summed E-state index contributed by atoms with van der Waals surface area (Å²) in [5, 5.41) is 10.3. The zero-order valence-electron chi connectivity index (χ0n) is 25.5. The number of carboxylic acid groups (broad SMARTS) is 1. The van der Waals surface area contributed by atoms with Gasteiger partial charge in [-0.2, -0.15) is 4.79 Å². The van der Waals surface area contributed by atoms with Crippen LogP contribution in [0.15, 0.2) is 65.9 Å². The standard InChI is InChI=1S/C33H43N3O6/c1-6-7-8-9-10-11-12-25-13-15-26(16-14-25)30(37)41-28-19-17-27(18-20-28)36(32(39)40)24-22-34-29(36)21-23-35(5)31(38)42-33(2,3)4/h13-20,22,24H,6-12,21,23H2,1-5H3/p+1. The molecule has 0 saturated carbocycles. The number of aryl methyl sites for hydroxylation is 1. The Morgan fingerprint density at radius 2 is 1.55 bits per heavy atom. The molecule has 2 aromatic carbocycles. The van der Waals surface area contributed by atoms with Crippen molar-refractivity contribution < 1.29 is 29.0 Å². The molecule has 0 bridgehead atoms. The highest BCUT2D eigenvalue weighted by Crippen LogP contribution is 2.32. The molecule has 42 heavy (non-hydrogen) atoms. The van der Waals surface area contributed by atoms with Crippen LogP contribution in [0.5, 0.6) is 5.75 Å². The maximum absolute atomic E-state index is 12.7. The Balaban J connectivity index is 1.60. The summed E-state index contributed by atoms with van der Waals surface area (Å²) in [5.74, 6) is 0.156. The van der Waals surface area contributed by atoms with Crippen LogP contribution in [0, 0.1) is 0 Å². The van der Waals surface area contributed by atoms with Crippen molar-refractivity contribution in [1.82, 2.24) is 9.38 Å². The van der Waals surface area contributed by atoms with E-state index >= 15 is 0 Å². The summed E-state index contributed by atoms with van der Waals surface area (Å²) in [6.45, 7) is 7.78. The van der Waals surface area contributed by atoms with E-state index in [0.29, 0.717) is 22.8 Å². The summed E-state index contributed by atoms with van der Waals surface area (Å²) in [6.07, 6.45) is 9.91. The zero-order chi connectivity index (χ0) is 30.8. The topological polar surface area (TPSA) is 106 Å². The van der Waals surface area contributed by atoms with Crippen LogP contribution in [-0.4, -0.2) is 53.2 Å². The molecule has 1 aliphatic rings. The van der Waals surface area contributed by atoms with Gasteiger partial charge in [0.2, 0.25) is 5.84 Å². The monoisotopic (exact) mass is 578 g/mol. The molecule has 3 rings (SSSR count). The van der Waals surface area contributed by atoms with Crippen LogP contribution < -0.4 is 9.22 Å². The van der Waals surface area contributed by atoms with Gasteiger partial charge in [0.05, 0.1) is 18.2 Å². The second-order valence-electron chi connectivity index (χ2n) is 11.6. The molecule has 1 unspecified atom stereocenters. The van der Waals surface area contributed by atoms with Gasteiger partial charge in [-0.1, -0.05) is 51.2 Å². The number of aliphatic imine (C=N–C) groups is 1. The van der Waals surface area contributed by atoms with Crippen LogP contribution in [-0.2, 0) is 11.2 Å². The minimum Gasteiger partial charge on any atom is -0.444 e. The molecule has 0 aromatic heterocycles. The van der Waals surface area contributed by atoms with Crippen LogP contribution in [0.25, 0.3) is 0 Å². The number of hydrogen-bond donors (Lipinski definition) is 1. The molecule has 226 valence electrons. The van der Waals surface area contributed by atoms with Crippen molar-refractivity contribution in [1.29, 1.82) is 0 Å². The minimum absolute atomic E-state index is 0.209. The van der Waals surface area contributed by atoms with Crippen molar-refractivity contribution in [2.45, 2.75) is 84.7 Å². The molecule has 1 atom stereocenters. The summed E-state index contributed by atoms with van der Waals surface area (Å²) < 4.78 is 10.3. The lowest BCUT2D eigenvalue weighted by Gasteiger charge is -2.28. The van der Waals surface area contributed by atoms with E-state index in [4.69, 9.17) is 9.47 Å². The van der Waals surface area contributed by atoms with Gasteiger partial charge < -0.3 is 19.5 Å². The Labute approximate surface area is 249 Å². The molecule has 0 spiro atoms. The second-order valence-corrected chi connectivity index (χ2v) is 11.6. The number of amides is 2. The SMILES string of the molecule is CCCCCCCCc1ccc(C(=O)Oc2ccc([N+]3(C(=O)O)C=CN=C3CCN(C)C(=O)OC(C)(C)C)cc2)cc1. The van der Waals surface area contributed by atoms with Crippen molar-refractivity contribution in [3.8, 4) is 5.75 Å². The maximum Gasteiger partial charge on any atom is 0.529 e. The number of amidine groups is 1. The third-order valence-electron chi connectivity index (χ3n) is 7.06. The summed E-state index contributed by atoms with van der Waals surface area (Å²) in [4.78, 5) is 43.3. The molecule has 0 saturated heterocycles. The fourth-order valence-corrected chi connectivity index (χ4v) is 4.69. The molecule has 1 aliphatic heterocycles. The predicted molar refractivity (Wildman–Crippen MR) is 165 cm³/mol. The number of carbonyl (C=O) groups is 3. The van der Waals surface area contributed by atoms with E-state index < -0.39 is 28.2 Å². The number of carbonyl (C=O) groups excluding carboxylic acids is 2. The number of rotatable bonds is 13. The first kappa shape index (κ1) is 32.5. The largest absolute Gasteiger partial charge is 0.529 e. The summed E-state index contributed by atoms with van der Waals surface area (Å²) >= 11 is 0. The smallest absolute Gasteiger partial charge is 0.444 e. The van der Waals surface area contributed by atoms with E-state index in [1.54, 1.807) is 64.2 Å².